The smallest absolute Gasteiger partial charge is 0.392 e. The number of alkyl halides is 3. The summed E-state index contributed by atoms with van der Waals surface area (Å²) >= 11 is 4.50. The van der Waals surface area contributed by atoms with Crippen molar-refractivity contribution in [2.75, 3.05) is 0 Å². The number of halogens is 4. The van der Waals surface area contributed by atoms with Crippen molar-refractivity contribution in [3.05, 3.63) is 52.1 Å². The highest BCUT2D eigenvalue weighted by Crippen LogP contribution is 2.33. The van der Waals surface area contributed by atoms with E-state index in [0.717, 1.165) is 21.6 Å². The molecule has 2 rings (SSSR count). The maximum atomic E-state index is 12.4. The zero-order valence-electron chi connectivity index (χ0n) is 9.99. The van der Waals surface area contributed by atoms with Crippen LogP contribution < -0.4 is 0 Å². The summed E-state index contributed by atoms with van der Waals surface area (Å²) in [6.45, 7) is -0.150. The number of aliphatic hydroxyl groups is 1. The first-order chi connectivity index (χ1) is 9.40. The van der Waals surface area contributed by atoms with Crippen LogP contribution in [0.2, 0.25) is 0 Å². The second-order valence-corrected chi connectivity index (χ2v) is 5.87. The van der Waals surface area contributed by atoms with Gasteiger partial charge in [-0.25, -0.2) is 4.98 Å². The van der Waals surface area contributed by atoms with E-state index in [1.54, 1.807) is 18.2 Å². The van der Waals surface area contributed by atoms with E-state index in [0.29, 0.717) is 10.6 Å². The zero-order valence-corrected chi connectivity index (χ0v) is 12.4. The largest absolute Gasteiger partial charge is 0.417 e. The molecule has 20 heavy (non-hydrogen) atoms. The highest BCUT2D eigenvalue weighted by atomic mass is 79.9. The molecule has 0 radical (unpaired) electrons. The van der Waals surface area contributed by atoms with E-state index in [4.69, 9.17) is 0 Å². The topological polar surface area (TPSA) is 33.1 Å². The van der Waals surface area contributed by atoms with Gasteiger partial charge in [-0.15, -0.1) is 0 Å². The molecule has 0 fully saturated rings. The van der Waals surface area contributed by atoms with Gasteiger partial charge in [0.1, 0.15) is 5.03 Å². The molecule has 2 nitrogen and oxygen atoms in total. The number of hydrogen-bond acceptors (Lipinski definition) is 3. The van der Waals surface area contributed by atoms with Crippen molar-refractivity contribution in [3.8, 4) is 0 Å². The highest BCUT2D eigenvalue weighted by Gasteiger charge is 2.30. The first-order valence-corrected chi connectivity index (χ1v) is 7.11. The molecule has 0 unspecified atom stereocenters. The molecular weight excluding hydrogens is 355 g/mol. The van der Waals surface area contributed by atoms with Gasteiger partial charge in [-0.3, -0.25) is 0 Å². The second kappa shape index (κ2) is 6.15. The van der Waals surface area contributed by atoms with Crippen LogP contribution in [-0.4, -0.2) is 10.1 Å². The Kier molecular flexibility index (Phi) is 4.72. The highest BCUT2D eigenvalue weighted by molar-refractivity contribution is 9.10. The summed E-state index contributed by atoms with van der Waals surface area (Å²) in [5.74, 6) is 0. The summed E-state index contributed by atoms with van der Waals surface area (Å²) in [6.07, 6.45) is -3.58. The summed E-state index contributed by atoms with van der Waals surface area (Å²) in [7, 11) is 0. The van der Waals surface area contributed by atoms with Gasteiger partial charge < -0.3 is 5.11 Å². The summed E-state index contributed by atoms with van der Waals surface area (Å²) in [5.41, 5.74) is -0.0916. The number of pyridine rings is 1. The van der Waals surface area contributed by atoms with Crippen molar-refractivity contribution >= 4 is 27.7 Å². The Morgan fingerprint density at radius 3 is 2.50 bits per heavy atom. The molecule has 7 heteroatoms. The Morgan fingerprint density at radius 2 is 1.95 bits per heavy atom. The molecular formula is C13H9BrF3NOS. The van der Waals surface area contributed by atoms with Crippen molar-refractivity contribution in [3.63, 3.8) is 0 Å². The minimum Gasteiger partial charge on any atom is -0.392 e. The third-order valence-electron chi connectivity index (χ3n) is 2.47. The number of aliphatic hydroxyl groups excluding tert-OH is 1. The molecule has 106 valence electrons. The first kappa shape index (κ1) is 15.3. The Bertz CT molecular complexity index is 602. The molecule has 0 aliphatic carbocycles. The van der Waals surface area contributed by atoms with Gasteiger partial charge in [0.15, 0.2) is 0 Å². The second-order valence-electron chi connectivity index (χ2n) is 3.90. The fraction of sp³-hybridized carbons (Fsp3) is 0.154. The van der Waals surface area contributed by atoms with Crippen molar-refractivity contribution in [2.45, 2.75) is 22.7 Å². The van der Waals surface area contributed by atoms with Gasteiger partial charge in [-0.2, -0.15) is 13.2 Å². The van der Waals surface area contributed by atoms with Gasteiger partial charge in [0.25, 0.3) is 0 Å². The number of aromatic nitrogens is 1. The first-order valence-electron chi connectivity index (χ1n) is 5.50. The molecule has 0 spiro atoms. The molecule has 1 aromatic heterocycles. The normalized spacial score (nSPS) is 11.7. The van der Waals surface area contributed by atoms with Crippen LogP contribution in [0.5, 0.6) is 0 Å². The fourth-order valence-electron chi connectivity index (χ4n) is 1.49. The van der Waals surface area contributed by atoms with E-state index < -0.39 is 11.7 Å². The molecule has 2 aromatic rings. The van der Waals surface area contributed by atoms with Gasteiger partial charge in [0.05, 0.1) is 12.2 Å². The predicted molar refractivity (Wildman–Crippen MR) is 73.4 cm³/mol. The number of nitrogens with zero attached hydrogens (tertiary/aromatic N) is 1. The molecule has 0 amide bonds. The van der Waals surface area contributed by atoms with Crippen LogP contribution in [0.4, 0.5) is 13.2 Å². The average molecular weight is 364 g/mol. The molecule has 0 aliphatic heterocycles. The Hall–Kier alpha value is -1.05. The molecule has 0 saturated heterocycles. The summed E-state index contributed by atoms with van der Waals surface area (Å²) < 4.78 is 38.1. The fourth-order valence-corrected chi connectivity index (χ4v) is 2.76. The Labute approximate surface area is 126 Å². The molecule has 0 saturated carbocycles. The quantitative estimate of drug-likeness (QED) is 0.870. The van der Waals surface area contributed by atoms with Gasteiger partial charge in [-0.05, 0) is 35.9 Å². The van der Waals surface area contributed by atoms with E-state index in [2.05, 4.69) is 20.9 Å². The SMILES string of the molecule is OCc1cc(Br)ccc1Sc1ccc(C(F)(F)F)cn1. The number of hydrogen-bond donors (Lipinski definition) is 1. The van der Waals surface area contributed by atoms with Crippen LogP contribution in [0.25, 0.3) is 0 Å². The predicted octanol–water partition coefficient (Wildman–Crippen LogP) is 4.51. The van der Waals surface area contributed by atoms with Crippen molar-refractivity contribution in [2.24, 2.45) is 0 Å². The zero-order chi connectivity index (χ0) is 14.8. The number of rotatable bonds is 3. The maximum Gasteiger partial charge on any atom is 0.417 e. The average Bonchev–Trinajstić information content (AvgIpc) is 2.40. The van der Waals surface area contributed by atoms with E-state index in [1.807, 2.05) is 0 Å². The van der Waals surface area contributed by atoms with Gasteiger partial charge >= 0.3 is 6.18 Å². The lowest BCUT2D eigenvalue weighted by atomic mass is 10.2. The molecule has 0 bridgehead atoms. The summed E-state index contributed by atoms with van der Waals surface area (Å²) in [4.78, 5) is 4.54. The van der Waals surface area contributed by atoms with Crippen LogP contribution in [0.3, 0.4) is 0 Å². The van der Waals surface area contributed by atoms with Crippen molar-refractivity contribution in [1.82, 2.24) is 4.98 Å². The third-order valence-corrected chi connectivity index (χ3v) is 4.03. The van der Waals surface area contributed by atoms with E-state index in [1.165, 1.54) is 17.8 Å². The van der Waals surface area contributed by atoms with E-state index >= 15 is 0 Å². The minimum atomic E-state index is -4.38. The summed E-state index contributed by atoms with van der Waals surface area (Å²) in [6, 6.07) is 7.64. The van der Waals surface area contributed by atoms with Gasteiger partial charge in [-0.1, -0.05) is 27.7 Å². The maximum absolute atomic E-state index is 12.4. The molecule has 1 heterocycles. The third kappa shape index (κ3) is 3.74. The Morgan fingerprint density at radius 1 is 1.20 bits per heavy atom. The Balaban J connectivity index is 2.22. The van der Waals surface area contributed by atoms with Crippen LogP contribution >= 0.6 is 27.7 Å². The van der Waals surface area contributed by atoms with Crippen LogP contribution in [0.15, 0.2) is 50.9 Å². The molecule has 0 atom stereocenters. The van der Waals surface area contributed by atoms with Crippen LogP contribution in [0, 0.1) is 0 Å². The van der Waals surface area contributed by atoms with Crippen molar-refractivity contribution < 1.29 is 18.3 Å². The lowest BCUT2D eigenvalue weighted by molar-refractivity contribution is -0.137. The van der Waals surface area contributed by atoms with Crippen LogP contribution in [0.1, 0.15) is 11.1 Å². The van der Waals surface area contributed by atoms with E-state index in [-0.39, 0.29) is 6.61 Å². The monoisotopic (exact) mass is 363 g/mol. The standard InChI is InChI=1S/C13H9BrF3NOS/c14-10-2-3-11(8(5-10)7-19)20-12-4-1-9(6-18-12)13(15,16)17/h1-6,19H,7H2. The molecule has 0 aliphatic rings. The molecule has 1 aromatic carbocycles. The minimum absolute atomic E-state index is 0.150. The van der Waals surface area contributed by atoms with Gasteiger partial charge in [0.2, 0.25) is 0 Å². The van der Waals surface area contributed by atoms with Gasteiger partial charge in [0, 0.05) is 15.6 Å². The molecule has 1 N–H and O–H groups in total. The van der Waals surface area contributed by atoms with Crippen LogP contribution in [-0.2, 0) is 12.8 Å². The lowest BCUT2D eigenvalue weighted by Crippen LogP contribution is -2.05. The number of benzene rings is 1. The summed E-state index contributed by atoms with van der Waals surface area (Å²) in [5, 5.41) is 9.71. The lowest BCUT2D eigenvalue weighted by Gasteiger charge is -2.09. The van der Waals surface area contributed by atoms with E-state index in [9.17, 15) is 18.3 Å². The van der Waals surface area contributed by atoms with Crippen molar-refractivity contribution in [1.29, 1.82) is 0 Å².